The summed E-state index contributed by atoms with van der Waals surface area (Å²) in [6, 6.07) is 0. The third-order valence-electron chi connectivity index (χ3n) is 4.26. The molecular formula is C12H21ClO. The Bertz CT molecular complexity index is 214. The number of carbonyl (C=O) groups is 1. The first kappa shape index (κ1) is 12.0. The zero-order valence-electron chi connectivity index (χ0n) is 9.53. The van der Waals surface area contributed by atoms with Crippen LogP contribution < -0.4 is 0 Å². The smallest absolute Gasteiger partial charge is 0.228 e. The van der Waals surface area contributed by atoms with Gasteiger partial charge >= 0.3 is 0 Å². The molecule has 0 aromatic carbocycles. The summed E-state index contributed by atoms with van der Waals surface area (Å²) in [4.78, 5) is 11.7. The number of hydrogen-bond donors (Lipinski definition) is 0. The second kappa shape index (κ2) is 4.22. The molecule has 0 unspecified atom stereocenters. The van der Waals surface area contributed by atoms with Gasteiger partial charge in [-0.3, -0.25) is 4.79 Å². The molecule has 0 heterocycles. The summed E-state index contributed by atoms with van der Waals surface area (Å²) >= 11 is 5.84. The summed E-state index contributed by atoms with van der Waals surface area (Å²) in [6.07, 6.45) is 6.55. The van der Waals surface area contributed by atoms with E-state index in [2.05, 4.69) is 20.8 Å². The van der Waals surface area contributed by atoms with Crippen LogP contribution in [0.15, 0.2) is 0 Å². The average molecular weight is 217 g/mol. The van der Waals surface area contributed by atoms with Crippen LogP contribution >= 0.6 is 11.6 Å². The minimum Gasteiger partial charge on any atom is -0.281 e. The number of carbonyl (C=O) groups excluding carboxylic acids is 1. The fraction of sp³-hybridized carbons (Fsp3) is 0.917. The lowest BCUT2D eigenvalue weighted by molar-refractivity contribution is -0.130. The highest BCUT2D eigenvalue weighted by atomic mass is 35.5. The second-order valence-corrected chi connectivity index (χ2v) is 5.50. The molecule has 0 aliphatic heterocycles. The molecule has 0 saturated heterocycles. The van der Waals surface area contributed by atoms with Gasteiger partial charge in [0, 0.05) is 5.41 Å². The molecule has 1 aliphatic rings. The maximum absolute atomic E-state index is 11.7. The van der Waals surface area contributed by atoms with Gasteiger partial charge in [0.05, 0.1) is 0 Å². The van der Waals surface area contributed by atoms with Crippen LogP contribution in [0.2, 0.25) is 0 Å². The highest BCUT2D eigenvalue weighted by Crippen LogP contribution is 2.52. The van der Waals surface area contributed by atoms with E-state index < -0.39 is 0 Å². The molecule has 1 nitrogen and oxygen atoms in total. The van der Waals surface area contributed by atoms with Crippen molar-refractivity contribution in [2.45, 2.75) is 59.3 Å². The zero-order valence-corrected chi connectivity index (χ0v) is 10.3. The van der Waals surface area contributed by atoms with E-state index in [1.807, 2.05) is 0 Å². The van der Waals surface area contributed by atoms with Crippen molar-refractivity contribution in [2.24, 2.45) is 10.8 Å². The highest BCUT2D eigenvalue weighted by molar-refractivity contribution is 6.64. The molecular weight excluding hydrogens is 196 g/mol. The third-order valence-corrected chi connectivity index (χ3v) is 4.62. The Hall–Kier alpha value is -0.0400. The van der Waals surface area contributed by atoms with Gasteiger partial charge in [0.25, 0.3) is 0 Å². The SMILES string of the molecule is CCC(C)(C)C1(C(=O)Cl)CCCCC1. The van der Waals surface area contributed by atoms with E-state index in [1.165, 1.54) is 6.42 Å². The van der Waals surface area contributed by atoms with E-state index in [1.54, 1.807) is 0 Å². The van der Waals surface area contributed by atoms with E-state index in [-0.39, 0.29) is 16.1 Å². The lowest BCUT2D eigenvalue weighted by Crippen LogP contribution is -2.43. The summed E-state index contributed by atoms with van der Waals surface area (Å²) in [7, 11) is 0. The van der Waals surface area contributed by atoms with Gasteiger partial charge in [-0.15, -0.1) is 0 Å². The van der Waals surface area contributed by atoms with Crippen LogP contribution in [0.3, 0.4) is 0 Å². The fourth-order valence-electron chi connectivity index (χ4n) is 2.63. The van der Waals surface area contributed by atoms with Crippen molar-refractivity contribution in [3.05, 3.63) is 0 Å². The van der Waals surface area contributed by atoms with Gasteiger partial charge < -0.3 is 0 Å². The normalized spacial score (nSPS) is 22.0. The molecule has 0 spiro atoms. The molecule has 82 valence electrons. The monoisotopic (exact) mass is 216 g/mol. The summed E-state index contributed by atoms with van der Waals surface area (Å²) < 4.78 is 0. The minimum absolute atomic E-state index is 0.0479. The Morgan fingerprint density at radius 1 is 1.29 bits per heavy atom. The average Bonchev–Trinajstić information content (AvgIpc) is 2.18. The number of hydrogen-bond acceptors (Lipinski definition) is 1. The lowest BCUT2D eigenvalue weighted by Gasteiger charge is -2.46. The van der Waals surface area contributed by atoms with Gasteiger partial charge in [-0.25, -0.2) is 0 Å². The largest absolute Gasteiger partial charge is 0.281 e. The molecule has 0 bridgehead atoms. The van der Waals surface area contributed by atoms with Crippen molar-refractivity contribution in [2.75, 3.05) is 0 Å². The van der Waals surface area contributed by atoms with Crippen LogP contribution in [-0.4, -0.2) is 5.24 Å². The Labute approximate surface area is 92.2 Å². The highest BCUT2D eigenvalue weighted by Gasteiger charge is 2.49. The van der Waals surface area contributed by atoms with Gasteiger partial charge in [0.2, 0.25) is 5.24 Å². The molecule has 0 aromatic rings. The molecule has 14 heavy (non-hydrogen) atoms. The molecule has 0 atom stereocenters. The van der Waals surface area contributed by atoms with E-state index in [4.69, 9.17) is 11.6 Å². The fourth-order valence-corrected chi connectivity index (χ4v) is 3.08. The van der Waals surface area contributed by atoms with E-state index in [9.17, 15) is 4.79 Å². The molecule has 0 N–H and O–H groups in total. The quantitative estimate of drug-likeness (QED) is 0.649. The van der Waals surface area contributed by atoms with Crippen LogP contribution in [0, 0.1) is 10.8 Å². The van der Waals surface area contributed by atoms with Gasteiger partial charge in [-0.1, -0.05) is 40.0 Å². The van der Waals surface area contributed by atoms with Crippen molar-refractivity contribution in [1.82, 2.24) is 0 Å². The molecule has 2 heteroatoms. The molecule has 0 amide bonds. The topological polar surface area (TPSA) is 17.1 Å². The van der Waals surface area contributed by atoms with Crippen LogP contribution in [0.4, 0.5) is 0 Å². The maximum atomic E-state index is 11.7. The molecule has 1 saturated carbocycles. The van der Waals surface area contributed by atoms with Crippen LogP contribution in [0.5, 0.6) is 0 Å². The Morgan fingerprint density at radius 2 is 1.79 bits per heavy atom. The molecule has 0 aromatic heterocycles. The summed E-state index contributed by atoms with van der Waals surface area (Å²) in [5.41, 5.74) is -0.201. The first-order valence-corrected chi connectivity index (χ1v) is 6.04. The van der Waals surface area contributed by atoms with E-state index in [0.717, 1.165) is 32.1 Å². The Morgan fingerprint density at radius 3 is 2.14 bits per heavy atom. The summed E-state index contributed by atoms with van der Waals surface area (Å²) in [5.74, 6) is 0. The van der Waals surface area contributed by atoms with Crippen LogP contribution in [0.25, 0.3) is 0 Å². The molecule has 1 rings (SSSR count). The van der Waals surface area contributed by atoms with Gasteiger partial charge in [0.15, 0.2) is 0 Å². The van der Waals surface area contributed by atoms with Gasteiger partial charge in [-0.05, 0) is 36.3 Å². The zero-order chi connectivity index (χ0) is 10.8. The first-order valence-electron chi connectivity index (χ1n) is 5.66. The third kappa shape index (κ3) is 1.84. The van der Waals surface area contributed by atoms with Crippen molar-refractivity contribution in [3.8, 4) is 0 Å². The lowest BCUT2D eigenvalue weighted by atomic mass is 9.58. The van der Waals surface area contributed by atoms with Gasteiger partial charge in [-0.2, -0.15) is 0 Å². The Kier molecular flexibility index (Phi) is 3.63. The standard InChI is InChI=1S/C12H21ClO/c1-4-11(2,3)12(10(13)14)8-6-5-7-9-12/h4-9H2,1-3H3. The van der Waals surface area contributed by atoms with Crippen molar-refractivity contribution in [1.29, 1.82) is 0 Å². The van der Waals surface area contributed by atoms with E-state index in [0.29, 0.717) is 0 Å². The maximum Gasteiger partial charge on any atom is 0.228 e. The van der Waals surface area contributed by atoms with Crippen molar-refractivity contribution >= 4 is 16.8 Å². The molecule has 1 fully saturated rings. The predicted molar refractivity (Wildman–Crippen MR) is 60.5 cm³/mol. The molecule has 1 aliphatic carbocycles. The minimum atomic E-state index is -0.248. The molecule has 0 radical (unpaired) electrons. The Balaban J connectivity index is 2.97. The van der Waals surface area contributed by atoms with Gasteiger partial charge in [0.1, 0.15) is 0 Å². The summed E-state index contributed by atoms with van der Waals surface area (Å²) in [5, 5.41) is -0.107. The predicted octanol–water partition coefficient (Wildman–Crippen LogP) is 4.14. The second-order valence-electron chi connectivity index (χ2n) is 5.15. The van der Waals surface area contributed by atoms with Crippen LogP contribution in [0.1, 0.15) is 59.3 Å². The number of halogens is 1. The van der Waals surface area contributed by atoms with E-state index >= 15 is 0 Å². The first-order chi connectivity index (χ1) is 6.46. The number of rotatable bonds is 3. The van der Waals surface area contributed by atoms with Crippen LogP contribution in [-0.2, 0) is 4.79 Å². The van der Waals surface area contributed by atoms with Crippen molar-refractivity contribution < 1.29 is 4.79 Å². The van der Waals surface area contributed by atoms with Crippen molar-refractivity contribution in [3.63, 3.8) is 0 Å². The summed E-state index contributed by atoms with van der Waals surface area (Å²) in [6.45, 7) is 6.51.